The lowest BCUT2D eigenvalue weighted by Crippen LogP contribution is -2.51. The van der Waals surface area contributed by atoms with Crippen molar-refractivity contribution < 1.29 is 0 Å². The monoisotopic (exact) mass is 243 g/mol. The molecular weight excluding hydrogens is 214 g/mol. The highest BCUT2D eigenvalue weighted by Crippen LogP contribution is 2.40. The van der Waals surface area contributed by atoms with Gasteiger partial charge >= 0.3 is 0 Å². The van der Waals surface area contributed by atoms with Crippen molar-refractivity contribution in [1.82, 2.24) is 5.32 Å². The summed E-state index contributed by atoms with van der Waals surface area (Å²) in [5, 5.41) is 4.57. The topological polar surface area (TPSA) is 12.0 Å². The number of rotatable bonds is 6. The Hall–Kier alpha value is 0.310. The molecule has 2 atom stereocenters. The summed E-state index contributed by atoms with van der Waals surface area (Å²) in [4.78, 5) is 0. The lowest BCUT2D eigenvalue weighted by atomic mass is 9.73. The van der Waals surface area contributed by atoms with Crippen molar-refractivity contribution in [2.45, 2.75) is 71.1 Å². The van der Waals surface area contributed by atoms with Crippen molar-refractivity contribution in [2.24, 2.45) is 5.41 Å². The molecule has 96 valence electrons. The third-order valence-corrected chi connectivity index (χ3v) is 5.24. The molecule has 0 aromatic carbocycles. The molecule has 0 aromatic heterocycles. The van der Waals surface area contributed by atoms with E-state index in [2.05, 4.69) is 44.8 Å². The Morgan fingerprint density at radius 2 is 2.06 bits per heavy atom. The van der Waals surface area contributed by atoms with Crippen LogP contribution in [0, 0.1) is 5.41 Å². The number of hydrogen-bond acceptors (Lipinski definition) is 2. The average molecular weight is 243 g/mol. The molecule has 1 N–H and O–H groups in total. The molecule has 1 rings (SSSR count). The van der Waals surface area contributed by atoms with E-state index >= 15 is 0 Å². The molecule has 0 heterocycles. The van der Waals surface area contributed by atoms with E-state index < -0.39 is 0 Å². The molecule has 1 aliphatic carbocycles. The Labute approximate surface area is 106 Å². The Kier molecular flexibility index (Phi) is 6.20. The number of nitrogens with one attached hydrogen (secondary N) is 1. The van der Waals surface area contributed by atoms with Crippen LogP contribution in [0.2, 0.25) is 0 Å². The van der Waals surface area contributed by atoms with Crippen molar-refractivity contribution in [3.63, 3.8) is 0 Å². The lowest BCUT2D eigenvalue weighted by molar-refractivity contribution is 0.176. The maximum atomic E-state index is 3.73. The van der Waals surface area contributed by atoms with Crippen LogP contribution in [0.4, 0.5) is 0 Å². The van der Waals surface area contributed by atoms with Gasteiger partial charge in [-0.05, 0) is 37.0 Å². The van der Waals surface area contributed by atoms with E-state index in [9.17, 15) is 0 Å². The quantitative estimate of drug-likeness (QED) is 0.706. The van der Waals surface area contributed by atoms with Crippen molar-refractivity contribution >= 4 is 11.8 Å². The fraction of sp³-hybridized carbons (Fsp3) is 1.00. The molecular formula is C14H29NS. The zero-order chi connectivity index (χ0) is 12.0. The van der Waals surface area contributed by atoms with Crippen LogP contribution < -0.4 is 5.32 Å². The Morgan fingerprint density at radius 1 is 1.31 bits per heavy atom. The first-order valence-corrected chi connectivity index (χ1v) is 8.01. The predicted octanol–water partition coefficient (Wildman–Crippen LogP) is 4.08. The van der Waals surface area contributed by atoms with Crippen LogP contribution in [-0.2, 0) is 0 Å². The van der Waals surface area contributed by atoms with Crippen LogP contribution in [-0.4, -0.2) is 23.6 Å². The van der Waals surface area contributed by atoms with E-state index in [0.29, 0.717) is 11.5 Å². The summed E-state index contributed by atoms with van der Waals surface area (Å²) in [5.41, 5.74) is 0.484. The van der Waals surface area contributed by atoms with Gasteiger partial charge in [0.25, 0.3) is 0 Å². The molecule has 0 spiro atoms. The smallest absolute Gasteiger partial charge is 0.0237 e. The van der Waals surface area contributed by atoms with Gasteiger partial charge in [-0.2, -0.15) is 11.8 Å². The third kappa shape index (κ3) is 3.96. The summed E-state index contributed by atoms with van der Waals surface area (Å²) in [7, 11) is 0. The zero-order valence-electron chi connectivity index (χ0n) is 11.5. The van der Waals surface area contributed by atoms with Crippen molar-refractivity contribution in [2.75, 3.05) is 12.3 Å². The summed E-state index contributed by atoms with van der Waals surface area (Å²) in [6, 6.07) is 0.716. The van der Waals surface area contributed by atoms with Gasteiger partial charge in [-0.3, -0.25) is 0 Å². The zero-order valence-corrected chi connectivity index (χ0v) is 12.3. The minimum Gasteiger partial charge on any atom is -0.313 e. The normalized spacial score (nSPS) is 29.2. The van der Waals surface area contributed by atoms with Crippen LogP contribution >= 0.6 is 11.8 Å². The van der Waals surface area contributed by atoms with Crippen LogP contribution in [0.25, 0.3) is 0 Å². The number of unbranched alkanes of at least 4 members (excludes halogenated alkanes) is 1. The second-order valence-electron chi connectivity index (χ2n) is 5.68. The maximum absolute atomic E-state index is 3.73. The standard InChI is InChI=1S/C14H29NS/c1-5-7-11-16-12-9-8-10-14(3,4)13(12)15-6-2/h12-13,15H,5-11H2,1-4H3. The van der Waals surface area contributed by atoms with Crippen molar-refractivity contribution in [3.05, 3.63) is 0 Å². The average Bonchev–Trinajstić information content (AvgIpc) is 2.23. The van der Waals surface area contributed by atoms with Crippen LogP contribution in [0.1, 0.15) is 59.8 Å². The van der Waals surface area contributed by atoms with Crippen molar-refractivity contribution in [3.8, 4) is 0 Å². The molecule has 2 heteroatoms. The minimum atomic E-state index is 0.484. The van der Waals surface area contributed by atoms with Gasteiger partial charge < -0.3 is 5.32 Å². The summed E-state index contributed by atoms with van der Waals surface area (Å²) in [6.45, 7) is 10.5. The molecule has 2 unspecified atom stereocenters. The summed E-state index contributed by atoms with van der Waals surface area (Å²) in [6.07, 6.45) is 6.92. The fourth-order valence-electron chi connectivity index (χ4n) is 2.77. The van der Waals surface area contributed by atoms with Gasteiger partial charge in [0.2, 0.25) is 0 Å². The van der Waals surface area contributed by atoms with Gasteiger partial charge in [-0.25, -0.2) is 0 Å². The molecule has 1 fully saturated rings. The number of thioether (sulfide) groups is 1. The Balaban J connectivity index is 2.51. The van der Waals surface area contributed by atoms with E-state index in [1.807, 2.05) is 0 Å². The van der Waals surface area contributed by atoms with E-state index in [1.54, 1.807) is 0 Å². The second kappa shape index (κ2) is 6.90. The van der Waals surface area contributed by atoms with E-state index in [1.165, 1.54) is 37.9 Å². The second-order valence-corrected chi connectivity index (χ2v) is 7.03. The molecule has 0 saturated heterocycles. The minimum absolute atomic E-state index is 0.484. The molecule has 1 nitrogen and oxygen atoms in total. The van der Waals surface area contributed by atoms with E-state index in [-0.39, 0.29) is 0 Å². The van der Waals surface area contributed by atoms with Crippen LogP contribution in [0.3, 0.4) is 0 Å². The Bertz CT molecular complexity index is 191. The third-order valence-electron chi connectivity index (χ3n) is 3.78. The maximum Gasteiger partial charge on any atom is 0.0237 e. The largest absolute Gasteiger partial charge is 0.313 e. The van der Waals surface area contributed by atoms with Gasteiger partial charge in [0.1, 0.15) is 0 Å². The molecule has 0 bridgehead atoms. The highest BCUT2D eigenvalue weighted by atomic mass is 32.2. The van der Waals surface area contributed by atoms with Gasteiger partial charge in [0, 0.05) is 11.3 Å². The summed E-state index contributed by atoms with van der Waals surface area (Å²) >= 11 is 2.21. The SMILES string of the molecule is CCCCSC1CCCC(C)(C)C1NCC. The summed E-state index contributed by atoms with van der Waals surface area (Å²) < 4.78 is 0. The van der Waals surface area contributed by atoms with E-state index in [4.69, 9.17) is 0 Å². The van der Waals surface area contributed by atoms with Crippen LogP contribution in [0.5, 0.6) is 0 Å². The predicted molar refractivity (Wildman–Crippen MR) is 76.3 cm³/mol. The highest BCUT2D eigenvalue weighted by Gasteiger charge is 2.38. The van der Waals surface area contributed by atoms with Crippen molar-refractivity contribution in [1.29, 1.82) is 0 Å². The molecule has 1 aliphatic rings. The number of hydrogen-bond donors (Lipinski definition) is 1. The molecule has 16 heavy (non-hydrogen) atoms. The molecule has 0 radical (unpaired) electrons. The van der Waals surface area contributed by atoms with Gasteiger partial charge in [-0.1, -0.05) is 40.5 Å². The first-order chi connectivity index (χ1) is 7.61. The van der Waals surface area contributed by atoms with E-state index in [0.717, 1.165) is 11.8 Å². The summed E-state index contributed by atoms with van der Waals surface area (Å²) in [5.74, 6) is 1.35. The molecule has 0 amide bonds. The van der Waals surface area contributed by atoms with Crippen LogP contribution in [0.15, 0.2) is 0 Å². The molecule has 0 aliphatic heterocycles. The Morgan fingerprint density at radius 3 is 2.69 bits per heavy atom. The fourth-order valence-corrected chi connectivity index (χ4v) is 4.52. The van der Waals surface area contributed by atoms with Gasteiger partial charge in [0.05, 0.1) is 0 Å². The first-order valence-electron chi connectivity index (χ1n) is 6.96. The van der Waals surface area contributed by atoms with Gasteiger partial charge in [0.15, 0.2) is 0 Å². The van der Waals surface area contributed by atoms with Gasteiger partial charge in [-0.15, -0.1) is 0 Å². The molecule has 0 aromatic rings. The first kappa shape index (κ1) is 14.4. The highest BCUT2D eigenvalue weighted by molar-refractivity contribution is 7.99. The lowest BCUT2D eigenvalue weighted by Gasteiger charge is -2.44. The molecule has 1 saturated carbocycles.